The van der Waals surface area contributed by atoms with Crippen LogP contribution in [0.25, 0.3) is 0 Å². The van der Waals surface area contributed by atoms with Crippen LogP contribution in [0.1, 0.15) is 38.3 Å². The molecule has 1 aliphatic rings. The summed E-state index contributed by atoms with van der Waals surface area (Å²) >= 11 is 0. The standard InChI is InChI=1S/C22H21F4NO5/c1-4-7-31-20(29)11(9-27)8-14-15(22(14,2)3)21(30)32-10-13-18(25)16(23)12(5-6-28)17(24)19(13)26/h6,8,14-15H,4-5,7,10H2,1-3H3/b11-8+. The molecule has 6 nitrogen and oxygen atoms in total. The van der Waals surface area contributed by atoms with E-state index in [0.29, 0.717) is 6.42 Å². The summed E-state index contributed by atoms with van der Waals surface area (Å²) in [7, 11) is 0. The third kappa shape index (κ3) is 4.82. The van der Waals surface area contributed by atoms with Crippen LogP contribution in [0.2, 0.25) is 0 Å². The van der Waals surface area contributed by atoms with E-state index in [0.717, 1.165) is 0 Å². The number of esters is 2. The molecule has 0 aliphatic heterocycles. The first-order chi connectivity index (χ1) is 15.0. The minimum Gasteiger partial charge on any atom is -0.462 e. The molecule has 0 saturated heterocycles. The fourth-order valence-corrected chi connectivity index (χ4v) is 3.39. The zero-order chi connectivity index (χ0) is 24.2. The highest BCUT2D eigenvalue weighted by atomic mass is 19.2. The molecule has 10 heteroatoms. The molecule has 0 amide bonds. The number of halogens is 4. The Morgan fingerprint density at radius 2 is 1.62 bits per heavy atom. The van der Waals surface area contributed by atoms with Gasteiger partial charge in [-0.3, -0.25) is 4.79 Å². The van der Waals surface area contributed by atoms with E-state index >= 15 is 0 Å². The number of hydrogen-bond donors (Lipinski definition) is 0. The van der Waals surface area contributed by atoms with Crippen LogP contribution < -0.4 is 0 Å². The fourth-order valence-electron chi connectivity index (χ4n) is 3.39. The molecule has 1 aromatic rings. The Hall–Kier alpha value is -3.22. The minimum atomic E-state index is -1.76. The first-order valence-electron chi connectivity index (χ1n) is 9.75. The Bertz CT molecular complexity index is 984. The Morgan fingerprint density at radius 1 is 1.06 bits per heavy atom. The summed E-state index contributed by atoms with van der Waals surface area (Å²) in [6, 6.07) is 1.71. The topological polar surface area (TPSA) is 93.5 Å². The second-order valence-corrected chi connectivity index (χ2v) is 7.84. The molecule has 0 heterocycles. The number of rotatable bonds is 9. The molecule has 2 atom stereocenters. The zero-order valence-electron chi connectivity index (χ0n) is 17.6. The molecule has 32 heavy (non-hydrogen) atoms. The van der Waals surface area contributed by atoms with Crippen LogP contribution in [0.3, 0.4) is 0 Å². The van der Waals surface area contributed by atoms with Crippen LogP contribution in [-0.2, 0) is 36.9 Å². The van der Waals surface area contributed by atoms with E-state index in [-0.39, 0.29) is 18.5 Å². The van der Waals surface area contributed by atoms with Crippen molar-refractivity contribution in [1.29, 1.82) is 5.26 Å². The average Bonchev–Trinajstić information content (AvgIpc) is 3.31. The number of benzene rings is 1. The molecular weight excluding hydrogens is 434 g/mol. The Morgan fingerprint density at radius 3 is 2.12 bits per heavy atom. The van der Waals surface area contributed by atoms with Crippen molar-refractivity contribution in [1.82, 2.24) is 0 Å². The van der Waals surface area contributed by atoms with Crippen LogP contribution in [0.5, 0.6) is 0 Å². The largest absolute Gasteiger partial charge is 0.462 e. The predicted octanol–water partition coefficient (Wildman–Crippen LogP) is 3.70. The lowest BCUT2D eigenvalue weighted by atomic mass is 10.1. The number of hydrogen-bond acceptors (Lipinski definition) is 6. The minimum absolute atomic E-state index is 0.0937. The third-order valence-corrected chi connectivity index (χ3v) is 5.38. The Labute approximate surface area is 181 Å². The highest BCUT2D eigenvalue weighted by molar-refractivity contribution is 5.93. The fraction of sp³-hybridized carbons (Fsp3) is 0.455. The maximum atomic E-state index is 14.1. The van der Waals surface area contributed by atoms with E-state index in [9.17, 15) is 37.2 Å². The van der Waals surface area contributed by atoms with E-state index < -0.39 is 76.6 Å². The molecule has 0 bridgehead atoms. The molecule has 172 valence electrons. The zero-order valence-corrected chi connectivity index (χ0v) is 17.6. The number of ether oxygens (including phenoxy) is 2. The monoisotopic (exact) mass is 455 g/mol. The molecule has 2 unspecified atom stereocenters. The highest BCUT2D eigenvalue weighted by Gasteiger charge is 2.62. The molecule has 0 spiro atoms. The van der Waals surface area contributed by atoms with Gasteiger partial charge in [-0.05, 0) is 17.8 Å². The normalized spacial score (nSPS) is 19.1. The lowest BCUT2D eigenvalue weighted by Gasteiger charge is -2.11. The molecule has 2 rings (SSSR count). The quantitative estimate of drug-likeness (QED) is 0.141. The molecule has 1 fully saturated rings. The van der Waals surface area contributed by atoms with E-state index in [1.807, 2.05) is 0 Å². The van der Waals surface area contributed by atoms with E-state index in [1.165, 1.54) is 6.08 Å². The van der Waals surface area contributed by atoms with Gasteiger partial charge in [-0.15, -0.1) is 0 Å². The molecule has 1 saturated carbocycles. The number of allylic oxidation sites excluding steroid dienone is 1. The van der Waals surface area contributed by atoms with Crippen molar-refractivity contribution in [3.05, 3.63) is 46.0 Å². The highest BCUT2D eigenvalue weighted by Crippen LogP contribution is 2.60. The van der Waals surface area contributed by atoms with E-state index in [1.54, 1.807) is 26.8 Å². The Kier molecular flexibility index (Phi) is 7.78. The molecule has 0 radical (unpaired) electrons. The maximum Gasteiger partial charge on any atom is 0.348 e. The van der Waals surface area contributed by atoms with Gasteiger partial charge in [0.2, 0.25) is 0 Å². The van der Waals surface area contributed by atoms with Crippen molar-refractivity contribution in [2.24, 2.45) is 17.3 Å². The van der Waals surface area contributed by atoms with Crippen molar-refractivity contribution in [3.63, 3.8) is 0 Å². The van der Waals surface area contributed by atoms with Crippen LogP contribution in [0, 0.1) is 51.9 Å². The SMILES string of the molecule is CCCOC(=O)/C(C#N)=C/C1C(C(=O)OCc2c(F)c(F)c(CC=O)c(F)c2F)C1(C)C. The average molecular weight is 455 g/mol. The first kappa shape index (κ1) is 25.0. The maximum absolute atomic E-state index is 14.1. The van der Waals surface area contributed by atoms with Crippen molar-refractivity contribution < 1.29 is 41.4 Å². The lowest BCUT2D eigenvalue weighted by molar-refractivity contribution is -0.147. The number of nitrogens with zero attached hydrogens (tertiary/aromatic N) is 1. The van der Waals surface area contributed by atoms with Gasteiger partial charge in [0.05, 0.1) is 18.1 Å². The molecule has 0 aromatic heterocycles. The van der Waals surface area contributed by atoms with Gasteiger partial charge in [0.1, 0.15) is 24.5 Å². The third-order valence-electron chi connectivity index (χ3n) is 5.38. The molecule has 0 N–H and O–H groups in total. The molecular formula is C22H21F4NO5. The van der Waals surface area contributed by atoms with Gasteiger partial charge in [0.25, 0.3) is 0 Å². The van der Waals surface area contributed by atoms with Crippen molar-refractivity contribution in [2.45, 2.75) is 40.2 Å². The predicted molar refractivity (Wildman–Crippen MR) is 102 cm³/mol. The van der Waals surface area contributed by atoms with Crippen LogP contribution in [-0.4, -0.2) is 24.8 Å². The van der Waals surface area contributed by atoms with Crippen molar-refractivity contribution in [2.75, 3.05) is 6.61 Å². The van der Waals surface area contributed by atoms with Gasteiger partial charge in [-0.25, -0.2) is 22.4 Å². The number of carbonyl (C=O) groups is 3. The summed E-state index contributed by atoms with van der Waals surface area (Å²) in [6.45, 7) is 4.12. The van der Waals surface area contributed by atoms with Gasteiger partial charge >= 0.3 is 11.9 Å². The second kappa shape index (κ2) is 9.94. The molecule has 1 aromatic carbocycles. The smallest absolute Gasteiger partial charge is 0.348 e. The summed E-state index contributed by atoms with van der Waals surface area (Å²) in [5.74, 6) is -10.2. The summed E-state index contributed by atoms with van der Waals surface area (Å²) in [5, 5.41) is 9.18. The second-order valence-electron chi connectivity index (χ2n) is 7.84. The summed E-state index contributed by atoms with van der Waals surface area (Å²) in [4.78, 5) is 34.8. The summed E-state index contributed by atoms with van der Waals surface area (Å²) in [6.07, 6.45) is 1.06. The number of nitriles is 1. The van der Waals surface area contributed by atoms with E-state index in [2.05, 4.69) is 0 Å². The van der Waals surface area contributed by atoms with Crippen molar-refractivity contribution in [3.8, 4) is 6.07 Å². The van der Waals surface area contributed by atoms with Crippen molar-refractivity contribution >= 4 is 18.2 Å². The number of aldehydes is 1. The van der Waals surface area contributed by atoms with Gasteiger partial charge in [0, 0.05) is 12.0 Å². The number of carbonyl (C=O) groups excluding carboxylic acids is 3. The molecule has 1 aliphatic carbocycles. The van der Waals surface area contributed by atoms with Gasteiger partial charge < -0.3 is 14.3 Å². The summed E-state index contributed by atoms with van der Waals surface area (Å²) < 4.78 is 66.0. The van der Waals surface area contributed by atoms with Crippen LogP contribution >= 0.6 is 0 Å². The lowest BCUT2D eigenvalue weighted by Crippen LogP contribution is -2.15. The van der Waals surface area contributed by atoms with E-state index in [4.69, 9.17) is 9.47 Å². The van der Waals surface area contributed by atoms with Gasteiger partial charge in [-0.1, -0.05) is 26.8 Å². The summed E-state index contributed by atoms with van der Waals surface area (Å²) in [5.41, 5.74) is -3.23. The van der Waals surface area contributed by atoms with Crippen LogP contribution in [0.4, 0.5) is 17.6 Å². The van der Waals surface area contributed by atoms with Gasteiger partial charge in [0.15, 0.2) is 23.3 Å². The van der Waals surface area contributed by atoms with Gasteiger partial charge in [-0.2, -0.15) is 5.26 Å². The first-order valence-corrected chi connectivity index (χ1v) is 9.75. The van der Waals surface area contributed by atoms with Crippen LogP contribution in [0.15, 0.2) is 11.6 Å². The Balaban J connectivity index is 2.17.